The zero-order valence-electron chi connectivity index (χ0n) is 14.5. The normalized spacial score (nSPS) is 26.6. The van der Waals surface area contributed by atoms with E-state index in [1.807, 2.05) is 0 Å². The Kier molecular flexibility index (Phi) is 8.75. The molecule has 7 nitrogen and oxygen atoms in total. The molecule has 9 heteroatoms. The standard InChI is InChI=1S/C15H28N4O3S.HI/c1-12-4-3-8-19(10-12)15(16-2)17-7-5-14(20)18-13-6-9-23(21,22)11-13;/h12-13H,3-11H2,1-2H3,(H,16,17)(H,18,20);1H. The molecule has 0 spiro atoms. The summed E-state index contributed by atoms with van der Waals surface area (Å²) in [5.74, 6) is 1.64. The second kappa shape index (κ2) is 9.79. The lowest BCUT2D eigenvalue weighted by atomic mass is 10.0. The summed E-state index contributed by atoms with van der Waals surface area (Å²) in [4.78, 5) is 18.4. The van der Waals surface area contributed by atoms with Crippen LogP contribution in [0.1, 0.15) is 32.6 Å². The average Bonchev–Trinajstić information content (AvgIpc) is 2.82. The molecule has 0 aromatic rings. The zero-order valence-corrected chi connectivity index (χ0v) is 17.6. The highest BCUT2D eigenvalue weighted by Crippen LogP contribution is 2.15. The molecule has 140 valence electrons. The molecule has 0 aromatic heterocycles. The molecule has 1 amide bonds. The van der Waals surface area contributed by atoms with Gasteiger partial charge in [0.1, 0.15) is 0 Å². The minimum atomic E-state index is -2.95. The molecule has 2 fully saturated rings. The largest absolute Gasteiger partial charge is 0.356 e. The van der Waals surface area contributed by atoms with Crippen LogP contribution in [-0.4, -0.2) is 69.4 Å². The minimum absolute atomic E-state index is 0. The number of nitrogens with zero attached hydrogens (tertiary/aromatic N) is 2. The summed E-state index contributed by atoms with van der Waals surface area (Å²) in [7, 11) is -1.20. The number of amides is 1. The summed E-state index contributed by atoms with van der Waals surface area (Å²) in [5.41, 5.74) is 0. The number of guanidine groups is 1. The number of carbonyl (C=O) groups excluding carboxylic acids is 1. The van der Waals surface area contributed by atoms with Gasteiger partial charge in [0, 0.05) is 39.1 Å². The van der Waals surface area contributed by atoms with Crippen LogP contribution in [0, 0.1) is 5.92 Å². The van der Waals surface area contributed by atoms with Crippen molar-refractivity contribution in [1.29, 1.82) is 0 Å². The van der Waals surface area contributed by atoms with E-state index in [4.69, 9.17) is 0 Å². The van der Waals surface area contributed by atoms with Crippen LogP contribution in [0.3, 0.4) is 0 Å². The Balaban J connectivity index is 0.00000288. The van der Waals surface area contributed by atoms with E-state index in [0.29, 0.717) is 25.3 Å². The number of carbonyl (C=O) groups is 1. The van der Waals surface area contributed by atoms with Gasteiger partial charge in [0.05, 0.1) is 11.5 Å². The van der Waals surface area contributed by atoms with Crippen LogP contribution < -0.4 is 10.6 Å². The Bertz CT molecular complexity index is 553. The lowest BCUT2D eigenvalue weighted by molar-refractivity contribution is -0.121. The number of nitrogens with one attached hydrogen (secondary N) is 2. The van der Waals surface area contributed by atoms with E-state index in [2.05, 4.69) is 27.4 Å². The summed E-state index contributed by atoms with van der Waals surface area (Å²) in [6.07, 6.45) is 3.26. The van der Waals surface area contributed by atoms with Crippen LogP contribution in [0.2, 0.25) is 0 Å². The highest BCUT2D eigenvalue weighted by Gasteiger charge is 2.28. The van der Waals surface area contributed by atoms with Crippen molar-refractivity contribution in [1.82, 2.24) is 15.5 Å². The fourth-order valence-electron chi connectivity index (χ4n) is 3.21. The number of hydrogen-bond acceptors (Lipinski definition) is 4. The number of aliphatic imine (C=N–C) groups is 1. The average molecular weight is 472 g/mol. The quantitative estimate of drug-likeness (QED) is 0.356. The van der Waals surface area contributed by atoms with Gasteiger partial charge in [-0.25, -0.2) is 8.42 Å². The number of sulfone groups is 1. The first-order valence-electron chi connectivity index (χ1n) is 8.35. The monoisotopic (exact) mass is 472 g/mol. The minimum Gasteiger partial charge on any atom is -0.356 e. The molecule has 2 atom stereocenters. The SMILES string of the molecule is CN=C(NCCC(=O)NC1CCS(=O)(=O)C1)N1CCCC(C)C1.I. The highest BCUT2D eigenvalue weighted by atomic mass is 127. The van der Waals surface area contributed by atoms with Crippen LogP contribution in [0.25, 0.3) is 0 Å². The van der Waals surface area contributed by atoms with Crippen LogP contribution in [0.4, 0.5) is 0 Å². The summed E-state index contributed by atoms with van der Waals surface area (Å²) < 4.78 is 22.8. The van der Waals surface area contributed by atoms with Gasteiger partial charge in [-0.2, -0.15) is 0 Å². The Morgan fingerprint density at radius 3 is 2.67 bits per heavy atom. The van der Waals surface area contributed by atoms with Gasteiger partial charge in [-0.3, -0.25) is 9.79 Å². The van der Waals surface area contributed by atoms with Crippen LogP contribution in [0.15, 0.2) is 4.99 Å². The lowest BCUT2D eigenvalue weighted by Crippen LogP contribution is -2.47. The van der Waals surface area contributed by atoms with Gasteiger partial charge in [-0.15, -0.1) is 24.0 Å². The van der Waals surface area contributed by atoms with E-state index in [9.17, 15) is 13.2 Å². The predicted molar refractivity (Wildman–Crippen MR) is 107 cm³/mol. The maximum absolute atomic E-state index is 11.9. The van der Waals surface area contributed by atoms with E-state index in [-0.39, 0.29) is 47.4 Å². The van der Waals surface area contributed by atoms with Gasteiger partial charge < -0.3 is 15.5 Å². The van der Waals surface area contributed by atoms with Crippen LogP contribution in [0.5, 0.6) is 0 Å². The van der Waals surface area contributed by atoms with Gasteiger partial charge >= 0.3 is 0 Å². The fourth-order valence-corrected chi connectivity index (χ4v) is 4.88. The first-order valence-corrected chi connectivity index (χ1v) is 10.2. The predicted octanol–water partition coefficient (Wildman–Crippen LogP) is 0.605. The molecular weight excluding hydrogens is 443 g/mol. The Hall–Kier alpha value is -0.580. The van der Waals surface area contributed by atoms with Crippen molar-refractivity contribution >= 4 is 45.7 Å². The Morgan fingerprint density at radius 2 is 2.08 bits per heavy atom. The zero-order chi connectivity index (χ0) is 16.9. The third kappa shape index (κ3) is 6.73. The number of halogens is 1. The van der Waals surface area contributed by atoms with Gasteiger partial charge in [0.15, 0.2) is 15.8 Å². The maximum Gasteiger partial charge on any atom is 0.222 e. The molecule has 0 bridgehead atoms. The van der Waals surface area contributed by atoms with Gasteiger partial charge in [0.25, 0.3) is 0 Å². The fraction of sp³-hybridized carbons (Fsp3) is 0.867. The number of hydrogen-bond donors (Lipinski definition) is 2. The summed E-state index contributed by atoms with van der Waals surface area (Å²) >= 11 is 0. The summed E-state index contributed by atoms with van der Waals surface area (Å²) in [6, 6.07) is -0.227. The van der Waals surface area contributed by atoms with Crippen molar-refractivity contribution in [3.63, 3.8) is 0 Å². The first-order chi connectivity index (χ1) is 10.9. The Morgan fingerprint density at radius 1 is 1.33 bits per heavy atom. The highest BCUT2D eigenvalue weighted by molar-refractivity contribution is 14.0. The molecule has 0 radical (unpaired) electrons. The second-order valence-electron chi connectivity index (χ2n) is 6.58. The van der Waals surface area contributed by atoms with E-state index in [0.717, 1.165) is 19.0 Å². The summed E-state index contributed by atoms with van der Waals surface area (Å²) in [6.45, 7) is 4.73. The van der Waals surface area contributed by atoms with E-state index >= 15 is 0 Å². The third-order valence-electron chi connectivity index (χ3n) is 4.40. The Labute approximate surface area is 162 Å². The molecule has 2 unspecified atom stereocenters. The third-order valence-corrected chi connectivity index (χ3v) is 6.17. The van der Waals surface area contributed by atoms with Crippen LogP contribution >= 0.6 is 24.0 Å². The topological polar surface area (TPSA) is 90.9 Å². The molecule has 2 N–H and O–H groups in total. The molecule has 0 saturated carbocycles. The number of rotatable bonds is 4. The van der Waals surface area contributed by atoms with E-state index in [1.54, 1.807) is 7.05 Å². The lowest BCUT2D eigenvalue weighted by Gasteiger charge is -2.33. The molecule has 24 heavy (non-hydrogen) atoms. The van der Waals surface area contributed by atoms with E-state index < -0.39 is 9.84 Å². The second-order valence-corrected chi connectivity index (χ2v) is 8.81. The van der Waals surface area contributed by atoms with E-state index in [1.165, 1.54) is 12.8 Å². The molecule has 0 aromatic carbocycles. The smallest absolute Gasteiger partial charge is 0.222 e. The summed E-state index contributed by atoms with van der Waals surface area (Å²) in [5, 5.41) is 6.03. The van der Waals surface area contributed by atoms with Gasteiger partial charge in [-0.1, -0.05) is 6.92 Å². The number of likely N-dealkylation sites (tertiary alicyclic amines) is 1. The maximum atomic E-state index is 11.9. The van der Waals surface area contributed by atoms with Crippen molar-refractivity contribution in [3.8, 4) is 0 Å². The molecule has 2 rings (SSSR count). The molecular formula is C15H29IN4O3S. The van der Waals surface area contributed by atoms with Gasteiger partial charge in [0.2, 0.25) is 5.91 Å². The van der Waals surface area contributed by atoms with Gasteiger partial charge in [-0.05, 0) is 25.2 Å². The molecule has 2 aliphatic heterocycles. The number of piperidine rings is 1. The van der Waals surface area contributed by atoms with Crippen molar-refractivity contribution in [2.24, 2.45) is 10.9 Å². The first kappa shape index (κ1) is 21.5. The molecule has 0 aliphatic carbocycles. The molecule has 2 saturated heterocycles. The molecule has 2 aliphatic rings. The van der Waals surface area contributed by atoms with Crippen LogP contribution in [-0.2, 0) is 14.6 Å². The van der Waals surface area contributed by atoms with Crippen molar-refractivity contribution in [2.45, 2.75) is 38.6 Å². The van der Waals surface area contributed by atoms with Crippen molar-refractivity contribution in [2.75, 3.05) is 38.2 Å². The van der Waals surface area contributed by atoms with Crippen molar-refractivity contribution < 1.29 is 13.2 Å². The van der Waals surface area contributed by atoms with Crippen molar-refractivity contribution in [3.05, 3.63) is 0 Å². The molecule has 2 heterocycles.